The van der Waals surface area contributed by atoms with Crippen molar-refractivity contribution in [1.29, 1.82) is 0 Å². The molecule has 0 spiro atoms. The van der Waals surface area contributed by atoms with Gasteiger partial charge >= 0.3 is 0 Å². The Kier molecular flexibility index (Phi) is 6.93. The van der Waals surface area contributed by atoms with Crippen molar-refractivity contribution in [2.75, 3.05) is 19.0 Å². The molecule has 4 rings (SSSR count). The third-order valence-corrected chi connectivity index (χ3v) is 16.0. The number of oxime groups is 1. The van der Waals surface area contributed by atoms with Crippen molar-refractivity contribution in [2.45, 2.75) is 109 Å². The number of fused-ring (bicyclic) bond motifs is 3. The average molecular weight is 498 g/mol. The van der Waals surface area contributed by atoms with E-state index in [-0.39, 0.29) is 40.5 Å². The molecule has 6 nitrogen and oxygen atoms in total. The Morgan fingerprint density at radius 1 is 1.03 bits per heavy atom. The molecule has 3 fully saturated rings. The van der Waals surface area contributed by atoms with Gasteiger partial charge in [-0.15, -0.1) is 0 Å². The Hall–Kier alpha value is -0.413. The summed E-state index contributed by atoms with van der Waals surface area (Å²) in [4.78, 5) is 19.5. The standard InChI is InChI=1S/C25H43NO5SSi/c1-14(2)33(15(3)4,16(5)6)31-19-11-32-22-17(19)10-18(27)20-21(22)30-26-23(20)25(9)28-12-24(7,8)13-29-25/h14-17,19-22H,10-13H2,1-9H3/t17-,19+,20+,21+,22+/m1/s1. The monoisotopic (exact) mass is 497 g/mol. The molecule has 3 aliphatic heterocycles. The number of ether oxygens (including phenoxy) is 2. The number of carbonyl (C=O) groups is 1. The summed E-state index contributed by atoms with van der Waals surface area (Å²) in [6.45, 7) is 21.2. The zero-order valence-electron chi connectivity index (χ0n) is 21.8. The van der Waals surface area contributed by atoms with Crippen molar-refractivity contribution in [3.63, 3.8) is 0 Å². The van der Waals surface area contributed by atoms with Gasteiger partial charge < -0.3 is 18.7 Å². The number of carbonyl (C=O) groups excluding carboxylic acids is 1. The van der Waals surface area contributed by atoms with Crippen LogP contribution in [0.3, 0.4) is 0 Å². The Bertz CT molecular complexity index is 766. The smallest absolute Gasteiger partial charge is 0.209 e. The Labute approximate surface area is 205 Å². The number of hydrogen-bond acceptors (Lipinski definition) is 7. The average Bonchev–Trinajstić information content (AvgIpc) is 3.33. The van der Waals surface area contributed by atoms with E-state index < -0.39 is 14.1 Å². The van der Waals surface area contributed by atoms with Crippen LogP contribution in [0.2, 0.25) is 16.6 Å². The maximum atomic E-state index is 13.5. The quantitative estimate of drug-likeness (QED) is 0.457. The van der Waals surface area contributed by atoms with E-state index in [2.05, 4.69) is 60.5 Å². The number of rotatable bonds is 6. The summed E-state index contributed by atoms with van der Waals surface area (Å²) in [5.74, 6) is -0.0830. The zero-order valence-corrected chi connectivity index (χ0v) is 23.7. The summed E-state index contributed by atoms with van der Waals surface area (Å²) in [6.07, 6.45) is 0.374. The highest BCUT2D eigenvalue weighted by atomic mass is 32.2. The van der Waals surface area contributed by atoms with Crippen LogP contribution < -0.4 is 0 Å². The number of hydrogen-bond donors (Lipinski definition) is 0. The minimum Gasteiger partial charge on any atom is -0.412 e. The van der Waals surface area contributed by atoms with Crippen LogP contribution in [0.15, 0.2) is 5.16 Å². The largest absolute Gasteiger partial charge is 0.412 e. The molecule has 0 unspecified atom stereocenters. The molecule has 0 aromatic rings. The second-order valence-electron chi connectivity index (χ2n) is 12.3. The van der Waals surface area contributed by atoms with E-state index in [9.17, 15) is 4.79 Å². The van der Waals surface area contributed by atoms with Crippen LogP contribution in [0.5, 0.6) is 0 Å². The first-order valence-corrected chi connectivity index (χ1v) is 15.9. The fraction of sp³-hybridized carbons (Fsp3) is 0.920. The highest BCUT2D eigenvalue weighted by Gasteiger charge is 2.61. The second kappa shape index (κ2) is 8.91. The molecule has 0 aromatic heterocycles. The third kappa shape index (κ3) is 4.26. The van der Waals surface area contributed by atoms with Crippen LogP contribution in [-0.2, 0) is 23.5 Å². The van der Waals surface area contributed by atoms with Crippen molar-refractivity contribution < 1.29 is 23.5 Å². The first-order valence-electron chi connectivity index (χ1n) is 12.7. The molecule has 3 heterocycles. The van der Waals surface area contributed by atoms with Gasteiger partial charge in [0.15, 0.2) is 6.10 Å². The molecule has 1 saturated carbocycles. The Balaban J connectivity index is 1.52. The molecule has 5 atom stereocenters. The lowest BCUT2D eigenvalue weighted by Gasteiger charge is -2.46. The van der Waals surface area contributed by atoms with E-state index >= 15 is 0 Å². The van der Waals surface area contributed by atoms with Gasteiger partial charge in [-0.2, -0.15) is 11.8 Å². The van der Waals surface area contributed by atoms with E-state index in [1.807, 2.05) is 18.7 Å². The molecule has 1 aliphatic carbocycles. The zero-order chi connectivity index (χ0) is 24.3. The molecule has 33 heavy (non-hydrogen) atoms. The highest BCUT2D eigenvalue weighted by Crippen LogP contribution is 2.52. The SMILES string of the molecule is CC(C)[Si](O[C@H]1CS[C@H]2[C@@H]1CC(=O)[C@@H]1C(C3(C)OCC(C)(C)CO3)=NO[C@@H]12)(C(C)C)C(C)C. The molecular weight excluding hydrogens is 454 g/mol. The van der Waals surface area contributed by atoms with Crippen molar-refractivity contribution in [2.24, 2.45) is 22.4 Å². The molecule has 8 heteroatoms. The first-order chi connectivity index (χ1) is 15.3. The van der Waals surface area contributed by atoms with Gasteiger partial charge in [-0.05, 0) is 23.5 Å². The predicted molar refractivity (Wildman–Crippen MR) is 135 cm³/mol. The van der Waals surface area contributed by atoms with Gasteiger partial charge in [-0.25, -0.2) is 0 Å². The fourth-order valence-electron chi connectivity index (χ4n) is 6.64. The maximum absolute atomic E-state index is 13.5. The lowest BCUT2D eigenvalue weighted by Crippen LogP contribution is -2.58. The van der Waals surface area contributed by atoms with Gasteiger partial charge in [0.1, 0.15) is 17.4 Å². The second-order valence-corrected chi connectivity index (χ2v) is 18.9. The lowest BCUT2D eigenvalue weighted by molar-refractivity contribution is -0.251. The van der Waals surface area contributed by atoms with Crippen molar-refractivity contribution in [1.82, 2.24) is 0 Å². The first kappa shape index (κ1) is 25.7. The summed E-state index contributed by atoms with van der Waals surface area (Å²) >= 11 is 1.90. The molecule has 188 valence electrons. The van der Waals surface area contributed by atoms with Crippen LogP contribution in [0.25, 0.3) is 0 Å². The Morgan fingerprint density at radius 3 is 2.15 bits per heavy atom. The number of nitrogens with zero attached hydrogens (tertiary/aromatic N) is 1. The fourth-order valence-corrected chi connectivity index (χ4v) is 14.0. The topological polar surface area (TPSA) is 66.4 Å². The maximum Gasteiger partial charge on any atom is 0.209 e. The minimum absolute atomic E-state index is 0.0495. The minimum atomic E-state index is -2.02. The van der Waals surface area contributed by atoms with Gasteiger partial charge in [0.2, 0.25) is 14.1 Å². The van der Waals surface area contributed by atoms with Crippen molar-refractivity contribution in [3.05, 3.63) is 0 Å². The Morgan fingerprint density at radius 2 is 1.61 bits per heavy atom. The summed E-state index contributed by atoms with van der Waals surface area (Å²) in [5.41, 5.74) is 2.14. The molecule has 0 aromatic carbocycles. The van der Waals surface area contributed by atoms with E-state index in [0.717, 1.165) is 5.75 Å². The van der Waals surface area contributed by atoms with Crippen LogP contribution in [0.1, 0.15) is 68.7 Å². The van der Waals surface area contributed by atoms with Gasteiger partial charge in [-0.3, -0.25) is 4.79 Å². The van der Waals surface area contributed by atoms with Crippen LogP contribution in [0, 0.1) is 17.3 Å². The van der Waals surface area contributed by atoms with Gasteiger partial charge in [0, 0.05) is 23.5 Å². The van der Waals surface area contributed by atoms with Crippen LogP contribution >= 0.6 is 11.8 Å². The number of thioether (sulfide) groups is 1. The summed E-state index contributed by atoms with van der Waals surface area (Å²) in [6, 6.07) is 0. The molecule has 4 aliphatic rings. The van der Waals surface area contributed by atoms with Gasteiger partial charge in [0.05, 0.1) is 24.6 Å². The lowest BCUT2D eigenvalue weighted by atomic mass is 9.73. The van der Waals surface area contributed by atoms with E-state index in [4.69, 9.17) is 18.7 Å². The van der Waals surface area contributed by atoms with Crippen LogP contribution in [0.4, 0.5) is 0 Å². The van der Waals surface area contributed by atoms with Gasteiger partial charge in [0.25, 0.3) is 0 Å². The van der Waals surface area contributed by atoms with E-state index in [1.54, 1.807) is 0 Å². The highest BCUT2D eigenvalue weighted by molar-refractivity contribution is 8.00. The molecule has 0 bridgehead atoms. The summed E-state index contributed by atoms with van der Waals surface area (Å²) in [7, 11) is -2.02. The number of Topliss-reactive ketones (excluding diaryl/α,β-unsaturated/α-hetero) is 1. The summed E-state index contributed by atoms with van der Waals surface area (Å²) < 4.78 is 19.4. The number of ketones is 1. The molecule has 2 saturated heterocycles. The van der Waals surface area contributed by atoms with Crippen molar-refractivity contribution >= 4 is 31.6 Å². The van der Waals surface area contributed by atoms with Crippen molar-refractivity contribution in [3.8, 4) is 0 Å². The van der Waals surface area contributed by atoms with E-state index in [1.165, 1.54) is 0 Å². The third-order valence-electron chi connectivity index (χ3n) is 8.36. The normalized spacial score (nSPS) is 35.6. The summed E-state index contributed by atoms with van der Waals surface area (Å²) in [5, 5.41) is 4.63. The van der Waals surface area contributed by atoms with Gasteiger partial charge in [-0.1, -0.05) is 60.5 Å². The molecular formula is C25H43NO5SSi. The molecule has 0 N–H and O–H groups in total. The molecule has 0 radical (unpaired) electrons. The van der Waals surface area contributed by atoms with E-state index in [0.29, 0.717) is 42.0 Å². The predicted octanol–water partition coefficient (Wildman–Crippen LogP) is 5.41. The van der Waals surface area contributed by atoms with Crippen LogP contribution in [-0.4, -0.2) is 62.0 Å². The molecule has 0 amide bonds.